The van der Waals surface area contributed by atoms with Crippen LogP contribution in [0.25, 0.3) is 0 Å². The first-order valence-electron chi connectivity index (χ1n) is 8.83. The summed E-state index contributed by atoms with van der Waals surface area (Å²) in [7, 11) is 0. The SMILES string of the molecule is CCNC(=NCC#Cc1ccccc1)N1CCC(N2CC=CC2)C1.I. The third-order valence-electron chi connectivity index (χ3n) is 4.48. The minimum absolute atomic E-state index is 0. The van der Waals surface area contributed by atoms with E-state index in [9.17, 15) is 0 Å². The summed E-state index contributed by atoms with van der Waals surface area (Å²) >= 11 is 0. The van der Waals surface area contributed by atoms with Gasteiger partial charge in [-0.1, -0.05) is 42.2 Å². The fraction of sp³-hybridized carbons (Fsp3) is 0.450. The van der Waals surface area contributed by atoms with Gasteiger partial charge in [0, 0.05) is 44.3 Å². The van der Waals surface area contributed by atoms with E-state index in [1.54, 1.807) is 0 Å². The summed E-state index contributed by atoms with van der Waals surface area (Å²) in [5.41, 5.74) is 1.04. The van der Waals surface area contributed by atoms with Crippen molar-refractivity contribution in [2.24, 2.45) is 4.99 Å². The molecule has 0 bridgehead atoms. The van der Waals surface area contributed by atoms with Crippen molar-refractivity contribution in [1.29, 1.82) is 0 Å². The van der Waals surface area contributed by atoms with Crippen LogP contribution >= 0.6 is 24.0 Å². The van der Waals surface area contributed by atoms with E-state index in [2.05, 4.69) is 46.0 Å². The largest absolute Gasteiger partial charge is 0.356 e. The van der Waals surface area contributed by atoms with Gasteiger partial charge in [0.15, 0.2) is 5.96 Å². The second-order valence-electron chi connectivity index (χ2n) is 6.15. The molecule has 2 heterocycles. The first kappa shape index (κ1) is 19.8. The van der Waals surface area contributed by atoms with E-state index in [0.29, 0.717) is 12.6 Å². The number of nitrogens with zero attached hydrogens (tertiary/aromatic N) is 3. The van der Waals surface area contributed by atoms with Gasteiger partial charge in [-0.15, -0.1) is 24.0 Å². The van der Waals surface area contributed by atoms with Crippen molar-refractivity contribution in [3.05, 3.63) is 48.0 Å². The van der Waals surface area contributed by atoms with E-state index in [0.717, 1.165) is 44.2 Å². The van der Waals surface area contributed by atoms with Crippen molar-refractivity contribution >= 4 is 29.9 Å². The van der Waals surface area contributed by atoms with Crippen LogP contribution in [0.4, 0.5) is 0 Å². The van der Waals surface area contributed by atoms with E-state index in [1.165, 1.54) is 6.42 Å². The smallest absolute Gasteiger partial charge is 0.194 e. The van der Waals surface area contributed by atoms with Gasteiger partial charge in [0.05, 0.1) is 0 Å². The molecule has 1 aromatic rings. The van der Waals surface area contributed by atoms with Crippen molar-refractivity contribution in [2.75, 3.05) is 39.3 Å². The van der Waals surface area contributed by atoms with Crippen molar-refractivity contribution in [3.63, 3.8) is 0 Å². The average Bonchev–Trinajstić information content (AvgIpc) is 3.29. The minimum Gasteiger partial charge on any atom is -0.356 e. The predicted molar refractivity (Wildman–Crippen MR) is 115 cm³/mol. The van der Waals surface area contributed by atoms with Crippen LogP contribution < -0.4 is 5.32 Å². The van der Waals surface area contributed by atoms with Crippen LogP contribution in [0.5, 0.6) is 0 Å². The molecule has 0 spiro atoms. The molecule has 4 nitrogen and oxygen atoms in total. The maximum Gasteiger partial charge on any atom is 0.194 e. The first-order valence-corrected chi connectivity index (χ1v) is 8.83. The minimum atomic E-state index is 0. The molecular formula is C20H27IN4. The first-order chi connectivity index (χ1) is 11.9. The van der Waals surface area contributed by atoms with Crippen molar-refractivity contribution in [3.8, 4) is 11.8 Å². The zero-order chi connectivity index (χ0) is 16.6. The predicted octanol–water partition coefficient (Wildman–Crippen LogP) is 2.57. The number of likely N-dealkylation sites (tertiary alicyclic amines) is 1. The lowest BCUT2D eigenvalue weighted by Gasteiger charge is -2.25. The molecule has 134 valence electrons. The van der Waals surface area contributed by atoms with Gasteiger partial charge in [-0.3, -0.25) is 4.90 Å². The van der Waals surface area contributed by atoms with Gasteiger partial charge < -0.3 is 10.2 Å². The molecule has 2 aliphatic rings. The monoisotopic (exact) mass is 450 g/mol. The highest BCUT2D eigenvalue weighted by Crippen LogP contribution is 2.17. The quantitative estimate of drug-likeness (QED) is 0.253. The van der Waals surface area contributed by atoms with Crippen LogP contribution in [0.1, 0.15) is 18.9 Å². The summed E-state index contributed by atoms with van der Waals surface area (Å²) in [5.74, 6) is 7.32. The highest BCUT2D eigenvalue weighted by molar-refractivity contribution is 14.0. The summed E-state index contributed by atoms with van der Waals surface area (Å²) in [6, 6.07) is 10.7. The molecule has 1 N–H and O–H groups in total. The van der Waals surface area contributed by atoms with E-state index < -0.39 is 0 Å². The third-order valence-corrected chi connectivity index (χ3v) is 4.48. The molecule has 1 saturated heterocycles. The molecule has 2 aliphatic heterocycles. The lowest BCUT2D eigenvalue weighted by molar-refractivity contribution is 0.259. The molecule has 3 rings (SSSR count). The maximum atomic E-state index is 4.70. The molecule has 0 amide bonds. The van der Waals surface area contributed by atoms with Crippen LogP contribution in [0, 0.1) is 11.8 Å². The Hall–Kier alpha value is -1.52. The molecule has 1 atom stereocenters. The Morgan fingerprint density at radius 3 is 2.72 bits per heavy atom. The maximum absolute atomic E-state index is 4.70. The van der Waals surface area contributed by atoms with Gasteiger partial charge >= 0.3 is 0 Å². The van der Waals surface area contributed by atoms with Crippen LogP contribution in [0.3, 0.4) is 0 Å². The zero-order valence-electron chi connectivity index (χ0n) is 14.8. The summed E-state index contributed by atoms with van der Waals surface area (Å²) in [4.78, 5) is 9.61. The van der Waals surface area contributed by atoms with Crippen LogP contribution in [-0.2, 0) is 0 Å². The number of hydrogen-bond donors (Lipinski definition) is 1. The Morgan fingerprint density at radius 1 is 1.24 bits per heavy atom. The number of benzene rings is 1. The van der Waals surface area contributed by atoms with Crippen molar-refractivity contribution < 1.29 is 0 Å². The fourth-order valence-electron chi connectivity index (χ4n) is 3.23. The second-order valence-corrected chi connectivity index (χ2v) is 6.15. The third kappa shape index (κ3) is 5.75. The number of nitrogens with one attached hydrogen (secondary N) is 1. The Bertz CT molecular complexity index is 637. The van der Waals surface area contributed by atoms with Gasteiger partial charge in [0.25, 0.3) is 0 Å². The topological polar surface area (TPSA) is 30.9 Å². The summed E-state index contributed by atoms with van der Waals surface area (Å²) in [6.07, 6.45) is 5.74. The van der Waals surface area contributed by atoms with E-state index in [4.69, 9.17) is 4.99 Å². The van der Waals surface area contributed by atoms with Crippen LogP contribution in [0.15, 0.2) is 47.5 Å². The number of hydrogen-bond acceptors (Lipinski definition) is 2. The summed E-state index contributed by atoms with van der Waals surface area (Å²) in [5, 5.41) is 3.41. The Kier molecular flexibility index (Phi) is 8.29. The summed E-state index contributed by atoms with van der Waals surface area (Å²) in [6.45, 7) is 7.84. The molecule has 0 saturated carbocycles. The normalized spacial score (nSPS) is 20.1. The molecule has 1 fully saturated rings. The molecule has 1 aromatic carbocycles. The standard InChI is InChI=1S/C20H26N4.HI/c1-2-21-20(22-13-8-11-18-9-4-3-5-10-18)24-16-12-19(17-24)23-14-6-7-15-23;/h3-7,9-10,19H,2,12-17H2,1H3,(H,21,22);1H. The second kappa shape index (κ2) is 10.5. The number of aliphatic imine (C=N–C) groups is 1. The Balaban J connectivity index is 0.00000225. The van der Waals surface area contributed by atoms with Crippen molar-refractivity contribution in [1.82, 2.24) is 15.1 Å². The Morgan fingerprint density at radius 2 is 2.00 bits per heavy atom. The van der Waals surface area contributed by atoms with E-state index in [1.807, 2.05) is 30.3 Å². The van der Waals surface area contributed by atoms with Gasteiger partial charge in [-0.05, 0) is 25.5 Å². The van der Waals surface area contributed by atoms with Gasteiger partial charge in [0.2, 0.25) is 0 Å². The average molecular weight is 450 g/mol. The van der Waals surface area contributed by atoms with Gasteiger partial charge in [-0.2, -0.15) is 0 Å². The molecule has 0 aromatic heterocycles. The van der Waals surface area contributed by atoms with Gasteiger partial charge in [-0.25, -0.2) is 4.99 Å². The van der Waals surface area contributed by atoms with E-state index in [-0.39, 0.29) is 24.0 Å². The van der Waals surface area contributed by atoms with Crippen LogP contribution in [-0.4, -0.2) is 61.1 Å². The fourth-order valence-corrected chi connectivity index (χ4v) is 3.23. The Labute approximate surface area is 168 Å². The lowest BCUT2D eigenvalue weighted by Crippen LogP contribution is -2.42. The highest BCUT2D eigenvalue weighted by atomic mass is 127. The molecule has 1 unspecified atom stereocenters. The highest BCUT2D eigenvalue weighted by Gasteiger charge is 2.29. The van der Waals surface area contributed by atoms with E-state index >= 15 is 0 Å². The zero-order valence-corrected chi connectivity index (χ0v) is 17.1. The molecule has 0 radical (unpaired) electrons. The van der Waals surface area contributed by atoms with Crippen LogP contribution in [0.2, 0.25) is 0 Å². The lowest BCUT2D eigenvalue weighted by atomic mass is 10.2. The number of rotatable bonds is 3. The number of halogens is 1. The molecular weight excluding hydrogens is 423 g/mol. The molecule has 0 aliphatic carbocycles. The van der Waals surface area contributed by atoms with Gasteiger partial charge in [0.1, 0.15) is 6.54 Å². The molecule has 5 heteroatoms. The summed E-state index contributed by atoms with van der Waals surface area (Å²) < 4.78 is 0. The number of guanidine groups is 1. The molecule has 25 heavy (non-hydrogen) atoms. The van der Waals surface area contributed by atoms with Crippen molar-refractivity contribution in [2.45, 2.75) is 19.4 Å².